The molecule has 0 saturated carbocycles. The Balaban J connectivity index is 1.72. The van der Waals surface area contributed by atoms with Crippen LogP contribution < -0.4 is 25.0 Å². The summed E-state index contributed by atoms with van der Waals surface area (Å²) in [6.45, 7) is 0.409. The molecule has 1 aliphatic rings. The number of carbonyl (C=O) groups is 2. The number of hydrogen-bond donors (Lipinski definition) is 2. The van der Waals surface area contributed by atoms with Crippen LogP contribution in [-0.2, 0) is 9.59 Å². The van der Waals surface area contributed by atoms with Gasteiger partial charge in [-0.1, -0.05) is 12.1 Å². The van der Waals surface area contributed by atoms with E-state index in [1.54, 1.807) is 44.5 Å². The summed E-state index contributed by atoms with van der Waals surface area (Å²) in [7, 11) is 3.15. The van der Waals surface area contributed by atoms with E-state index in [1.165, 1.54) is 0 Å². The van der Waals surface area contributed by atoms with Gasteiger partial charge < -0.3 is 25.0 Å². The second-order valence-corrected chi connectivity index (χ2v) is 5.85. The maximum absolute atomic E-state index is 12.5. The van der Waals surface area contributed by atoms with Gasteiger partial charge in [0.2, 0.25) is 5.91 Å². The number of amides is 2. The molecule has 0 aromatic heterocycles. The molecule has 1 atom stereocenters. The van der Waals surface area contributed by atoms with Crippen molar-refractivity contribution in [2.75, 3.05) is 37.5 Å². The average Bonchev–Trinajstić information content (AvgIpc) is 2.67. The second-order valence-electron chi connectivity index (χ2n) is 5.85. The third-order valence-corrected chi connectivity index (χ3v) is 4.11. The highest BCUT2D eigenvalue weighted by Gasteiger charge is 2.30. The minimum absolute atomic E-state index is 0.111. The Labute approximate surface area is 151 Å². The van der Waals surface area contributed by atoms with E-state index in [0.29, 0.717) is 18.0 Å². The molecule has 2 aromatic carbocycles. The summed E-state index contributed by atoms with van der Waals surface area (Å²) in [4.78, 5) is 26.3. The number of nitrogens with one attached hydrogen (secondary N) is 2. The lowest BCUT2D eigenvalue weighted by atomic mass is 10.1. The summed E-state index contributed by atoms with van der Waals surface area (Å²) in [6, 6.07) is 14.5. The van der Waals surface area contributed by atoms with E-state index in [-0.39, 0.29) is 18.4 Å². The van der Waals surface area contributed by atoms with E-state index in [2.05, 4.69) is 10.6 Å². The Morgan fingerprint density at radius 3 is 2.62 bits per heavy atom. The van der Waals surface area contributed by atoms with Crippen LogP contribution in [0.4, 0.5) is 11.4 Å². The molecule has 26 heavy (non-hydrogen) atoms. The van der Waals surface area contributed by atoms with E-state index < -0.39 is 6.10 Å². The van der Waals surface area contributed by atoms with Gasteiger partial charge in [0, 0.05) is 12.7 Å². The quantitative estimate of drug-likeness (QED) is 0.852. The summed E-state index contributed by atoms with van der Waals surface area (Å²) < 4.78 is 10.8. The molecule has 2 aromatic rings. The lowest BCUT2D eigenvalue weighted by Gasteiger charge is -2.34. The molecule has 0 aliphatic carbocycles. The average molecular weight is 355 g/mol. The summed E-state index contributed by atoms with van der Waals surface area (Å²) >= 11 is 0. The number of para-hydroxylation sites is 2. The van der Waals surface area contributed by atoms with Gasteiger partial charge in [0.15, 0.2) is 6.10 Å². The largest absolute Gasteiger partial charge is 0.497 e. The molecular formula is C19H21N3O4. The number of hydrogen-bond acceptors (Lipinski definition) is 5. The first-order chi connectivity index (χ1) is 12.6. The first-order valence-electron chi connectivity index (χ1n) is 8.27. The standard InChI is InChI=1S/C19H21N3O4/c1-20-19(24)17-11-22(15-5-3-4-6-16(15)26-17)12-18(23)21-13-7-9-14(25-2)10-8-13/h3-10,17H,11-12H2,1-2H3,(H,20,24)(H,21,23). The van der Waals surface area contributed by atoms with Crippen LogP contribution in [0.3, 0.4) is 0 Å². The number of methoxy groups -OCH3 is 1. The number of rotatable bonds is 5. The molecule has 0 fully saturated rings. The highest BCUT2D eigenvalue weighted by atomic mass is 16.5. The van der Waals surface area contributed by atoms with E-state index in [4.69, 9.17) is 9.47 Å². The van der Waals surface area contributed by atoms with Gasteiger partial charge in [-0.05, 0) is 36.4 Å². The summed E-state index contributed by atoms with van der Waals surface area (Å²) in [5.41, 5.74) is 1.47. The Morgan fingerprint density at radius 2 is 1.92 bits per heavy atom. The lowest BCUT2D eigenvalue weighted by molar-refractivity contribution is -0.127. The monoisotopic (exact) mass is 355 g/mol. The van der Waals surface area contributed by atoms with Gasteiger partial charge in [0.05, 0.1) is 25.9 Å². The first-order valence-corrected chi connectivity index (χ1v) is 8.27. The normalized spacial score (nSPS) is 15.5. The molecular weight excluding hydrogens is 334 g/mol. The maximum Gasteiger partial charge on any atom is 0.262 e. The summed E-state index contributed by atoms with van der Waals surface area (Å²) in [5.74, 6) is 0.908. The van der Waals surface area contributed by atoms with Gasteiger partial charge in [-0.25, -0.2) is 0 Å². The highest BCUT2D eigenvalue weighted by Crippen LogP contribution is 2.33. The smallest absolute Gasteiger partial charge is 0.262 e. The molecule has 136 valence electrons. The Hall–Kier alpha value is -3.22. The van der Waals surface area contributed by atoms with E-state index >= 15 is 0 Å². The van der Waals surface area contributed by atoms with Crippen molar-refractivity contribution < 1.29 is 19.1 Å². The summed E-state index contributed by atoms with van der Waals surface area (Å²) in [6.07, 6.45) is -0.663. The fourth-order valence-electron chi connectivity index (χ4n) is 2.80. The number of ether oxygens (including phenoxy) is 2. The van der Waals surface area contributed by atoms with Gasteiger partial charge in [-0.15, -0.1) is 0 Å². The molecule has 0 bridgehead atoms. The van der Waals surface area contributed by atoms with Crippen molar-refractivity contribution in [3.63, 3.8) is 0 Å². The van der Waals surface area contributed by atoms with Crippen LogP contribution in [0.15, 0.2) is 48.5 Å². The molecule has 2 N–H and O–H groups in total. The number of benzene rings is 2. The molecule has 1 aliphatic heterocycles. The van der Waals surface area contributed by atoms with Crippen LogP contribution in [0.25, 0.3) is 0 Å². The van der Waals surface area contributed by atoms with Crippen molar-refractivity contribution in [3.8, 4) is 11.5 Å². The van der Waals surface area contributed by atoms with Crippen molar-refractivity contribution in [2.24, 2.45) is 0 Å². The van der Waals surface area contributed by atoms with E-state index in [1.807, 2.05) is 23.1 Å². The SMILES string of the molecule is CNC(=O)C1CN(CC(=O)Nc2ccc(OC)cc2)c2ccccc2O1. The number of nitrogens with zero attached hydrogens (tertiary/aromatic N) is 1. The number of fused-ring (bicyclic) bond motifs is 1. The number of carbonyl (C=O) groups excluding carboxylic acids is 2. The van der Waals surface area contributed by atoms with E-state index in [0.717, 1.165) is 11.4 Å². The fourth-order valence-corrected chi connectivity index (χ4v) is 2.80. The fraction of sp³-hybridized carbons (Fsp3) is 0.263. The van der Waals surface area contributed by atoms with Gasteiger partial charge in [-0.3, -0.25) is 9.59 Å². The molecule has 0 radical (unpaired) electrons. The molecule has 7 nitrogen and oxygen atoms in total. The minimum Gasteiger partial charge on any atom is -0.497 e. The van der Waals surface area contributed by atoms with Crippen molar-refractivity contribution in [3.05, 3.63) is 48.5 Å². The maximum atomic E-state index is 12.5. The first kappa shape index (κ1) is 17.6. The van der Waals surface area contributed by atoms with Crippen LogP contribution in [0, 0.1) is 0 Å². The lowest BCUT2D eigenvalue weighted by Crippen LogP contribution is -2.50. The van der Waals surface area contributed by atoms with Crippen molar-refractivity contribution in [1.29, 1.82) is 0 Å². The molecule has 1 unspecified atom stereocenters. The van der Waals surface area contributed by atoms with Crippen molar-refractivity contribution >= 4 is 23.2 Å². The summed E-state index contributed by atoms with van der Waals surface area (Å²) in [5, 5.41) is 5.44. The molecule has 1 heterocycles. The third-order valence-electron chi connectivity index (χ3n) is 4.11. The Morgan fingerprint density at radius 1 is 1.19 bits per heavy atom. The van der Waals surface area contributed by atoms with Gasteiger partial charge in [-0.2, -0.15) is 0 Å². The predicted molar refractivity (Wildman–Crippen MR) is 98.8 cm³/mol. The Kier molecular flexibility index (Phi) is 5.26. The zero-order valence-corrected chi connectivity index (χ0v) is 14.7. The van der Waals surface area contributed by atoms with Crippen molar-refractivity contribution in [1.82, 2.24) is 5.32 Å². The third kappa shape index (κ3) is 3.88. The van der Waals surface area contributed by atoms with E-state index in [9.17, 15) is 9.59 Å². The molecule has 2 amide bonds. The zero-order valence-electron chi connectivity index (χ0n) is 14.7. The van der Waals surface area contributed by atoms with Crippen LogP contribution in [0.5, 0.6) is 11.5 Å². The van der Waals surface area contributed by atoms with Gasteiger partial charge in [0.1, 0.15) is 11.5 Å². The number of likely N-dealkylation sites (N-methyl/N-ethyl adjacent to an activating group) is 1. The van der Waals surface area contributed by atoms with Crippen LogP contribution >= 0.6 is 0 Å². The van der Waals surface area contributed by atoms with Gasteiger partial charge in [0.25, 0.3) is 5.91 Å². The molecule has 7 heteroatoms. The molecule has 3 rings (SSSR count). The van der Waals surface area contributed by atoms with Gasteiger partial charge >= 0.3 is 0 Å². The minimum atomic E-state index is -0.663. The van der Waals surface area contributed by atoms with Crippen LogP contribution in [-0.4, -0.2) is 45.2 Å². The Bertz CT molecular complexity index is 792. The number of anilines is 2. The topological polar surface area (TPSA) is 79.9 Å². The van der Waals surface area contributed by atoms with Crippen molar-refractivity contribution in [2.45, 2.75) is 6.10 Å². The molecule has 0 spiro atoms. The zero-order chi connectivity index (χ0) is 18.5. The van der Waals surface area contributed by atoms with Crippen LogP contribution in [0.2, 0.25) is 0 Å². The molecule has 0 saturated heterocycles. The van der Waals surface area contributed by atoms with Crippen LogP contribution in [0.1, 0.15) is 0 Å². The highest BCUT2D eigenvalue weighted by molar-refractivity contribution is 5.95. The second kappa shape index (κ2) is 7.77. The predicted octanol–water partition coefficient (Wildman–Crippen LogP) is 1.65.